The highest BCUT2D eigenvalue weighted by Gasteiger charge is 2.36. The van der Waals surface area contributed by atoms with E-state index < -0.39 is 29.6 Å². The molecule has 9 nitrogen and oxygen atoms in total. The number of amides is 3. The molecule has 3 amide bonds. The van der Waals surface area contributed by atoms with E-state index in [1.54, 1.807) is 12.1 Å². The van der Waals surface area contributed by atoms with E-state index in [0.717, 1.165) is 37.8 Å². The molecule has 44 heavy (non-hydrogen) atoms. The number of hydrogen-bond donors (Lipinski definition) is 1. The van der Waals surface area contributed by atoms with Crippen LogP contribution in [0.3, 0.4) is 0 Å². The fourth-order valence-corrected chi connectivity index (χ4v) is 5.90. The summed E-state index contributed by atoms with van der Waals surface area (Å²) in [7, 11) is 1.53. The fourth-order valence-electron chi connectivity index (χ4n) is 4.08. The lowest BCUT2D eigenvalue weighted by Crippen LogP contribution is -2.36. The van der Waals surface area contributed by atoms with Crippen molar-refractivity contribution in [2.75, 3.05) is 25.6 Å². The largest absolute Gasteiger partial charge is 0.493 e. The second kappa shape index (κ2) is 15.4. The molecule has 3 aromatic rings. The summed E-state index contributed by atoms with van der Waals surface area (Å²) >= 11 is 9.02. The zero-order valence-electron chi connectivity index (χ0n) is 24.3. The number of anilines is 1. The molecule has 0 unspecified atom stereocenters. The summed E-state index contributed by atoms with van der Waals surface area (Å²) in [4.78, 5) is 52.0. The van der Waals surface area contributed by atoms with Crippen molar-refractivity contribution in [3.8, 4) is 11.5 Å². The van der Waals surface area contributed by atoms with E-state index in [9.17, 15) is 19.2 Å². The Hall–Kier alpha value is -3.55. The Morgan fingerprint density at radius 2 is 1.84 bits per heavy atom. The minimum Gasteiger partial charge on any atom is -0.493 e. The van der Waals surface area contributed by atoms with Crippen LogP contribution in [0.15, 0.2) is 59.5 Å². The van der Waals surface area contributed by atoms with Crippen molar-refractivity contribution in [1.29, 1.82) is 0 Å². The number of esters is 1. The first-order chi connectivity index (χ1) is 21.1. The Kier molecular flexibility index (Phi) is 11.7. The van der Waals surface area contributed by atoms with Gasteiger partial charge in [0.05, 0.1) is 32.8 Å². The molecule has 3 aromatic carbocycles. The number of unbranched alkanes of at least 4 members (excludes halogenated alkanes) is 1. The van der Waals surface area contributed by atoms with E-state index in [4.69, 9.17) is 25.8 Å². The molecule has 12 heteroatoms. The van der Waals surface area contributed by atoms with Crippen LogP contribution in [0.2, 0.25) is 5.02 Å². The Morgan fingerprint density at radius 3 is 2.55 bits per heavy atom. The summed E-state index contributed by atoms with van der Waals surface area (Å²) in [5.41, 5.74) is 3.18. The topological polar surface area (TPSA) is 111 Å². The van der Waals surface area contributed by atoms with Gasteiger partial charge in [0.1, 0.15) is 13.2 Å². The predicted octanol–water partition coefficient (Wildman–Crippen LogP) is 7.47. The molecule has 0 saturated carbocycles. The van der Waals surface area contributed by atoms with Crippen LogP contribution < -0.4 is 14.8 Å². The smallest absolute Gasteiger partial charge is 0.339 e. The van der Waals surface area contributed by atoms with Crippen molar-refractivity contribution in [2.45, 2.75) is 33.3 Å². The fraction of sp³-hybridized carbons (Fsp3) is 0.250. The molecule has 0 aromatic heterocycles. The number of carbonyl (C=O) groups is 4. The second-order valence-corrected chi connectivity index (χ2v) is 12.4. The molecule has 4 rings (SSSR count). The minimum absolute atomic E-state index is 0.103. The maximum Gasteiger partial charge on any atom is 0.339 e. The van der Waals surface area contributed by atoms with Crippen LogP contribution in [0.1, 0.15) is 46.8 Å². The van der Waals surface area contributed by atoms with E-state index in [2.05, 4.69) is 27.9 Å². The van der Waals surface area contributed by atoms with Gasteiger partial charge in [-0.25, -0.2) is 4.79 Å². The second-order valence-electron chi connectivity index (χ2n) is 9.81. The van der Waals surface area contributed by atoms with E-state index in [0.29, 0.717) is 30.1 Å². The first kappa shape index (κ1) is 33.3. The molecule has 0 aliphatic carbocycles. The van der Waals surface area contributed by atoms with Crippen molar-refractivity contribution in [3.63, 3.8) is 0 Å². The predicted molar refractivity (Wildman–Crippen MR) is 179 cm³/mol. The summed E-state index contributed by atoms with van der Waals surface area (Å²) in [5, 5.41) is 2.21. The van der Waals surface area contributed by atoms with Crippen molar-refractivity contribution in [2.24, 2.45) is 0 Å². The van der Waals surface area contributed by atoms with Crippen LogP contribution in [0, 0.1) is 10.5 Å². The molecule has 1 aliphatic heterocycles. The number of thioether (sulfide) groups is 1. The Morgan fingerprint density at radius 1 is 1.09 bits per heavy atom. The average molecular weight is 749 g/mol. The van der Waals surface area contributed by atoms with Gasteiger partial charge in [-0.05, 0) is 95.2 Å². The standard InChI is InChI=1S/C32H30ClIN2O7S/c1-4-5-12-42-31(39)23-16-22(10-11-24(23)33)35-28(37)17-36-30(38)27(44-32(36)40)15-21-13-25(34)29(26(14-21)41-3)43-18-20-8-6-19(2)7-9-20/h6-11,13-16H,4-5,12,17-18H2,1-3H3,(H,35,37)/b27-15-. The van der Waals surface area contributed by atoms with Crippen LogP contribution in [-0.4, -0.2) is 48.2 Å². The zero-order chi connectivity index (χ0) is 31.8. The number of halogens is 2. The van der Waals surface area contributed by atoms with Gasteiger partial charge in [-0.15, -0.1) is 0 Å². The van der Waals surface area contributed by atoms with Gasteiger partial charge < -0.3 is 19.5 Å². The third kappa shape index (κ3) is 8.54. The zero-order valence-corrected chi connectivity index (χ0v) is 28.0. The third-order valence-corrected chi connectivity index (χ3v) is 8.47. The maximum absolute atomic E-state index is 13.1. The molecule has 1 fully saturated rings. The van der Waals surface area contributed by atoms with Gasteiger partial charge >= 0.3 is 5.97 Å². The molecule has 0 bridgehead atoms. The number of nitrogens with zero attached hydrogens (tertiary/aromatic N) is 1. The number of imide groups is 1. The van der Waals surface area contributed by atoms with Crippen molar-refractivity contribution in [1.82, 2.24) is 4.90 Å². The highest BCUT2D eigenvalue weighted by atomic mass is 127. The van der Waals surface area contributed by atoms with Gasteiger partial charge in [0.2, 0.25) is 5.91 Å². The molecule has 0 spiro atoms. The van der Waals surface area contributed by atoms with Gasteiger partial charge in [0.25, 0.3) is 11.1 Å². The van der Waals surface area contributed by atoms with Crippen LogP contribution in [0.25, 0.3) is 6.08 Å². The van der Waals surface area contributed by atoms with Crippen LogP contribution in [0.5, 0.6) is 11.5 Å². The first-order valence-corrected chi connectivity index (χ1v) is 15.9. The average Bonchev–Trinajstić information content (AvgIpc) is 3.25. The lowest BCUT2D eigenvalue weighted by atomic mass is 10.1. The van der Waals surface area contributed by atoms with E-state index in [1.807, 2.05) is 44.2 Å². The van der Waals surface area contributed by atoms with Gasteiger partial charge in [0, 0.05) is 5.69 Å². The monoisotopic (exact) mass is 748 g/mol. The maximum atomic E-state index is 13.1. The number of carbonyl (C=O) groups excluding carboxylic acids is 4. The number of ether oxygens (including phenoxy) is 3. The van der Waals surface area contributed by atoms with E-state index in [1.165, 1.54) is 25.3 Å². The summed E-state index contributed by atoms with van der Waals surface area (Å²) in [6, 6.07) is 15.9. The number of rotatable bonds is 12. The van der Waals surface area contributed by atoms with Crippen LogP contribution in [-0.2, 0) is 20.9 Å². The third-order valence-electron chi connectivity index (χ3n) is 6.43. The number of hydrogen-bond acceptors (Lipinski definition) is 8. The van der Waals surface area contributed by atoms with Gasteiger partial charge in [-0.2, -0.15) is 0 Å². The molecular weight excluding hydrogens is 719 g/mol. The summed E-state index contributed by atoms with van der Waals surface area (Å²) in [6.07, 6.45) is 3.16. The first-order valence-electron chi connectivity index (χ1n) is 13.7. The van der Waals surface area contributed by atoms with Crippen molar-refractivity contribution in [3.05, 3.63) is 90.3 Å². The van der Waals surface area contributed by atoms with E-state index >= 15 is 0 Å². The molecular formula is C32H30ClIN2O7S. The van der Waals surface area contributed by atoms with Gasteiger partial charge in [-0.3, -0.25) is 19.3 Å². The molecule has 1 N–H and O–H groups in total. The lowest BCUT2D eigenvalue weighted by molar-refractivity contribution is -0.127. The highest BCUT2D eigenvalue weighted by molar-refractivity contribution is 14.1. The van der Waals surface area contributed by atoms with Crippen LogP contribution >= 0.6 is 46.0 Å². The number of nitrogens with one attached hydrogen (secondary N) is 1. The molecule has 1 aliphatic rings. The number of aryl methyl sites for hydroxylation is 1. The molecule has 230 valence electrons. The van der Waals surface area contributed by atoms with Gasteiger partial charge in [-0.1, -0.05) is 54.8 Å². The normalized spacial score (nSPS) is 13.8. The SMILES string of the molecule is CCCCOC(=O)c1cc(NC(=O)CN2C(=O)S/C(=C\c3cc(I)c(OCc4ccc(C)cc4)c(OC)c3)C2=O)ccc1Cl. The minimum atomic E-state index is -0.618. The summed E-state index contributed by atoms with van der Waals surface area (Å²) < 4.78 is 17.6. The van der Waals surface area contributed by atoms with Crippen molar-refractivity contribution >= 4 is 80.7 Å². The van der Waals surface area contributed by atoms with Gasteiger partial charge in [0.15, 0.2) is 11.5 Å². The highest BCUT2D eigenvalue weighted by Crippen LogP contribution is 2.37. The quantitative estimate of drug-likeness (QED) is 0.0880. The van der Waals surface area contributed by atoms with Crippen molar-refractivity contribution < 1.29 is 33.4 Å². The van der Waals surface area contributed by atoms with Crippen LogP contribution in [0.4, 0.5) is 10.5 Å². The molecule has 1 saturated heterocycles. The molecule has 1 heterocycles. The molecule has 0 atom stereocenters. The summed E-state index contributed by atoms with van der Waals surface area (Å²) in [5.74, 6) is -0.777. The Labute approximate surface area is 278 Å². The lowest BCUT2D eigenvalue weighted by Gasteiger charge is -2.14. The number of methoxy groups -OCH3 is 1. The Bertz CT molecular complexity index is 1610. The molecule has 0 radical (unpaired) electrons. The Balaban J connectivity index is 1.42. The summed E-state index contributed by atoms with van der Waals surface area (Å²) in [6.45, 7) is 4.10. The van der Waals surface area contributed by atoms with E-state index in [-0.39, 0.29) is 27.8 Å². The number of benzene rings is 3.